The molecule has 0 aliphatic heterocycles. The molecule has 0 spiro atoms. The van der Waals surface area contributed by atoms with Crippen molar-refractivity contribution in [3.05, 3.63) is 59.7 Å². The zero-order valence-corrected chi connectivity index (χ0v) is 16.0. The van der Waals surface area contributed by atoms with Gasteiger partial charge >= 0.3 is 0 Å². The van der Waals surface area contributed by atoms with Gasteiger partial charge in [-0.2, -0.15) is 0 Å². The van der Waals surface area contributed by atoms with Crippen LogP contribution in [0.15, 0.2) is 53.4 Å². The summed E-state index contributed by atoms with van der Waals surface area (Å²) in [5.74, 6) is 0.458. The summed E-state index contributed by atoms with van der Waals surface area (Å²) in [4.78, 5) is 12.2. The van der Waals surface area contributed by atoms with Crippen molar-refractivity contribution < 1.29 is 17.9 Å². The predicted octanol–water partition coefficient (Wildman–Crippen LogP) is 2.70. The molecule has 0 bridgehead atoms. The van der Waals surface area contributed by atoms with Gasteiger partial charge < -0.3 is 10.1 Å². The molecule has 0 fully saturated rings. The van der Waals surface area contributed by atoms with Gasteiger partial charge in [-0.1, -0.05) is 19.1 Å². The maximum Gasteiger partial charge on any atom is 0.251 e. The Morgan fingerprint density at radius 1 is 1.08 bits per heavy atom. The van der Waals surface area contributed by atoms with Crippen molar-refractivity contribution in [2.45, 2.75) is 37.8 Å². The third-order valence-electron chi connectivity index (χ3n) is 4.04. The van der Waals surface area contributed by atoms with Gasteiger partial charge in [0.2, 0.25) is 10.0 Å². The summed E-state index contributed by atoms with van der Waals surface area (Å²) in [6, 6.07) is 13.1. The van der Waals surface area contributed by atoms with Crippen LogP contribution in [0.4, 0.5) is 0 Å². The number of sulfonamides is 1. The Bertz CT molecular complexity index is 831. The van der Waals surface area contributed by atoms with E-state index in [0.717, 1.165) is 12.0 Å². The van der Waals surface area contributed by atoms with Crippen LogP contribution in [0.5, 0.6) is 5.75 Å². The SMILES string of the molecule is CC[C@@H](C)NC(=O)c1ccc(CNS(=O)(=O)c2ccc(OC)cc2)cc1. The van der Waals surface area contributed by atoms with Gasteiger partial charge in [-0.3, -0.25) is 4.79 Å². The molecule has 2 aromatic carbocycles. The maximum absolute atomic E-state index is 12.3. The molecule has 26 heavy (non-hydrogen) atoms. The molecule has 0 aliphatic carbocycles. The van der Waals surface area contributed by atoms with Crippen LogP contribution in [0.1, 0.15) is 36.2 Å². The number of hydrogen-bond acceptors (Lipinski definition) is 4. The number of amides is 1. The van der Waals surface area contributed by atoms with Crippen LogP contribution >= 0.6 is 0 Å². The molecule has 140 valence electrons. The molecule has 0 heterocycles. The van der Waals surface area contributed by atoms with E-state index in [9.17, 15) is 13.2 Å². The zero-order chi connectivity index (χ0) is 19.2. The summed E-state index contributed by atoms with van der Waals surface area (Å²) in [5, 5.41) is 2.89. The molecule has 2 aromatic rings. The van der Waals surface area contributed by atoms with Crippen LogP contribution in [0, 0.1) is 0 Å². The van der Waals surface area contributed by atoms with Crippen LogP contribution in [0.3, 0.4) is 0 Å². The minimum absolute atomic E-state index is 0.110. The van der Waals surface area contributed by atoms with E-state index in [1.54, 1.807) is 36.4 Å². The highest BCUT2D eigenvalue weighted by atomic mass is 32.2. The number of methoxy groups -OCH3 is 1. The summed E-state index contributed by atoms with van der Waals surface area (Å²) in [5.41, 5.74) is 1.31. The second-order valence-corrected chi connectivity index (χ2v) is 7.75. The Morgan fingerprint density at radius 3 is 2.23 bits per heavy atom. The van der Waals surface area contributed by atoms with E-state index >= 15 is 0 Å². The highest BCUT2D eigenvalue weighted by Gasteiger charge is 2.14. The second-order valence-electron chi connectivity index (χ2n) is 5.98. The quantitative estimate of drug-likeness (QED) is 0.742. The van der Waals surface area contributed by atoms with Crippen molar-refractivity contribution in [1.29, 1.82) is 0 Å². The lowest BCUT2D eigenvalue weighted by atomic mass is 10.1. The van der Waals surface area contributed by atoms with E-state index in [2.05, 4.69) is 10.0 Å². The van der Waals surface area contributed by atoms with Gasteiger partial charge in [-0.15, -0.1) is 0 Å². The van der Waals surface area contributed by atoms with Gasteiger partial charge in [0.15, 0.2) is 0 Å². The molecular weight excluding hydrogens is 352 g/mol. The smallest absolute Gasteiger partial charge is 0.251 e. The number of nitrogens with one attached hydrogen (secondary N) is 2. The fourth-order valence-electron chi connectivity index (χ4n) is 2.20. The highest BCUT2D eigenvalue weighted by molar-refractivity contribution is 7.89. The van der Waals surface area contributed by atoms with Crippen LogP contribution < -0.4 is 14.8 Å². The molecule has 7 heteroatoms. The average molecular weight is 376 g/mol. The van der Waals surface area contributed by atoms with Gasteiger partial charge in [-0.05, 0) is 55.3 Å². The molecule has 0 saturated carbocycles. The Labute approximate surface area is 154 Å². The van der Waals surface area contributed by atoms with Gasteiger partial charge in [0.1, 0.15) is 5.75 Å². The van der Waals surface area contributed by atoms with E-state index in [4.69, 9.17) is 4.74 Å². The van der Waals surface area contributed by atoms with Gasteiger partial charge in [0.25, 0.3) is 5.91 Å². The summed E-state index contributed by atoms with van der Waals surface area (Å²) in [6.07, 6.45) is 0.858. The van der Waals surface area contributed by atoms with Gasteiger partial charge in [-0.25, -0.2) is 13.1 Å². The fourth-order valence-corrected chi connectivity index (χ4v) is 3.22. The number of carbonyl (C=O) groups is 1. The Kier molecular flexibility index (Phi) is 6.76. The highest BCUT2D eigenvalue weighted by Crippen LogP contribution is 2.15. The van der Waals surface area contributed by atoms with Crippen molar-refractivity contribution in [3.63, 3.8) is 0 Å². The van der Waals surface area contributed by atoms with Crippen molar-refractivity contribution in [1.82, 2.24) is 10.0 Å². The van der Waals surface area contributed by atoms with E-state index in [-0.39, 0.29) is 23.4 Å². The minimum Gasteiger partial charge on any atom is -0.497 e. The third kappa shape index (κ3) is 5.31. The number of hydrogen-bond donors (Lipinski definition) is 2. The molecule has 1 amide bonds. The number of rotatable bonds is 8. The zero-order valence-electron chi connectivity index (χ0n) is 15.2. The lowest BCUT2D eigenvalue weighted by molar-refractivity contribution is 0.0939. The molecule has 0 saturated heterocycles. The second kappa shape index (κ2) is 8.82. The normalized spacial score (nSPS) is 12.4. The molecular formula is C19H24N2O4S. The maximum atomic E-state index is 12.3. The summed E-state index contributed by atoms with van der Waals surface area (Å²) < 4.78 is 32.2. The van der Waals surface area contributed by atoms with E-state index in [1.807, 2.05) is 13.8 Å². The molecule has 2 N–H and O–H groups in total. The van der Waals surface area contributed by atoms with Crippen molar-refractivity contribution in [2.24, 2.45) is 0 Å². The summed E-state index contributed by atoms with van der Waals surface area (Å²) in [6.45, 7) is 4.09. The molecule has 0 radical (unpaired) electrons. The fraction of sp³-hybridized carbons (Fsp3) is 0.316. The van der Waals surface area contributed by atoms with E-state index in [1.165, 1.54) is 19.2 Å². The Morgan fingerprint density at radius 2 is 1.69 bits per heavy atom. The minimum atomic E-state index is -3.61. The van der Waals surface area contributed by atoms with Gasteiger partial charge in [0, 0.05) is 18.2 Å². The van der Waals surface area contributed by atoms with Crippen LogP contribution in [0.25, 0.3) is 0 Å². The number of carbonyl (C=O) groups excluding carboxylic acids is 1. The molecule has 1 atom stereocenters. The average Bonchev–Trinajstić information content (AvgIpc) is 2.66. The summed E-state index contributed by atoms with van der Waals surface area (Å²) in [7, 11) is -2.09. The van der Waals surface area contributed by atoms with Crippen molar-refractivity contribution in [2.75, 3.05) is 7.11 Å². The lowest BCUT2D eigenvalue weighted by Crippen LogP contribution is -2.31. The first-order chi connectivity index (χ1) is 12.4. The largest absolute Gasteiger partial charge is 0.497 e. The molecule has 0 unspecified atom stereocenters. The van der Waals surface area contributed by atoms with E-state index in [0.29, 0.717) is 11.3 Å². The Hall–Kier alpha value is -2.38. The number of ether oxygens (including phenoxy) is 1. The Balaban J connectivity index is 1.99. The molecule has 0 aromatic heterocycles. The van der Waals surface area contributed by atoms with E-state index < -0.39 is 10.0 Å². The van der Waals surface area contributed by atoms with Crippen LogP contribution in [-0.2, 0) is 16.6 Å². The topological polar surface area (TPSA) is 84.5 Å². The first-order valence-electron chi connectivity index (χ1n) is 8.39. The predicted molar refractivity (Wildman–Crippen MR) is 101 cm³/mol. The van der Waals surface area contributed by atoms with Crippen LogP contribution in [0.2, 0.25) is 0 Å². The molecule has 2 rings (SSSR count). The monoisotopic (exact) mass is 376 g/mol. The number of benzene rings is 2. The lowest BCUT2D eigenvalue weighted by Gasteiger charge is -2.12. The third-order valence-corrected chi connectivity index (χ3v) is 5.46. The molecule has 0 aliphatic rings. The standard InChI is InChI=1S/C19H24N2O4S/c1-4-14(2)21-19(22)16-7-5-15(6-8-16)13-20-26(23,24)18-11-9-17(25-3)10-12-18/h5-12,14,20H,4,13H2,1-3H3,(H,21,22)/t14-/m1/s1. The van der Waals surface area contributed by atoms with Crippen molar-refractivity contribution >= 4 is 15.9 Å². The van der Waals surface area contributed by atoms with Crippen LogP contribution in [-0.4, -0.2) is 27.5 Å². The first-order valence-corrected chi connectivity index (χ1v) is 9.87. The van der Waals surface area contributed by atoms with Crippen molar-refractivity contribution in [3.8, 4) is 5.75 Å². The first kappa shape index (κ1) is 19.9. The summed E-state index contributed by atoms with van der Waals surface area (Å²) >= 11 is 0. The molecule has 6 nitrogen and oxygen atoms in total. The van der Waals surface area contributed by atoms with Gasteiger partial charge in [0.05, 0.1) is 12.0 Å².